The summed E-state index contributed by atoms with van der Waals surface area (Å²) in [6.45, 7) is 6.39. The van der Waals surface area contributed by atoms with Crippen molar-refractivity contribution < 1.29 is 4.79 Å². The fourth-order valence-corrected chi connectivity index (χ4v) is 3.29. The van der Waals surface area contributed by atoms with E-state index in [-0.39, 0.29) is 11.2 Å². The van der Waals surface area contributed by atoms with Crippen molar-refractivity contribution in [3.8, 4) is 0 Å². The lowest BCUT2D eigenvalue weighted by molar-refractivity contribution is 0.103. The van der Waals surface area contributed by atoms with E-state index < -0.39 is 0 Å². The molecule has 96 valence electrons. The van der Waals surface area contributed by atoms with Gasteiger partial charge in [-0.25, -0.2) is 0 Å². The molecule has 1 aliphatic carbocycles. The van der Waals surface area contributed by atoms with E-state index in [1.54, 1.807) is 0 Å². The van der Waals surface area contributed by atoms with Gasteiger partial charge in [0, 0.05) is 21.0 Å². The van der Waals surface area contributed by atoms with Gasteiger partial charge in [0.15, 0.2) is 5.78 Å². The molecule has 0 radical (unpaired) electrons. The molecule has 19 heavy (non-hydrogen) atoms. The average molecular weight is 315 g/mol. The summed E-state index contributed by atoms with van der Waals surface area (Å²) in [5.74, 6) is 0.134. The molecule has 0 aromatic heterocycles. The first-order valence-corrected chi connectivity index (χ1v) is 7.16. The van der Waals surface area contributed by atoms with Crippen LogP contribution in [0, 0.1) is 6.92 Å². The van der Waals surface area contributed by atoms with Gasteiger partial charge in [-0.1, -0.05) is 53.5 Å². The predicted molar refractivity (Wildman–Crippen MR) is 80.9 cm³/mol. The van der Waals surface area contributed by atoms with Crippen LogP contribution in [0.3, 0.4) is 0 Å². The van der Waals surface area contributed by atoms with E-state index in [4.69, 9.17) is 0 Å². The first-order valence-electron chi connectivity index (χ1n) is 6.37. The summed E-state index contributed by atoms with van der Waals surface area (Å²) in [6.07, 6.45) is 0. The molecule has 0 N–H and O–H groups in total. The number of ketones is 1. The van der Waals surface area contributed by atoms with Crippen molar-refractivity contribution in [2.24, 2.45) is 0 Å². The molecule has 0 saturated heterocycles. The van der Waals surface area contributed by atoms with E-state index >= 15 is 0 Å². The number of aryl methyl sites for hydroxylation is 1. The van der Waals surface area contributed by atoms with Crippen LogP contribution in [-0.2, 0) is 5.41 Å². The summed E-state index contributed by atoms with van der Waals surface area (Å²) < 4.78 is 0.950. The third-order valence-corrected chi connectivity index (χ3v) is 4.49. The monoisotopic (exact) mass is 314 g/mol. The summed E-state index contributed by atoms with van der Waals surface area (Å²) in [7, 11) is 0. The van der Waals surface area contributed by atoms with Crippen molar-refractivity contribution in [1.82, 2.24) is 0 Å². The zero-order valence-corrected chi connectivity index (χ0v) is 12.8. The van der Waals surface area contributed by atoms with Crippen molar-refractivity contribution >= 4 is 21.7 Å². The molecule has 3 rings (SSSR count). The Kier molecular flexibility index (Phi) is 2.68. The quantitative estimate of drug-likeness (QED) is 0.693. The highest BCUT2D eigenvalue weighted by Crippen LogP contribution is 2.42. The molecule has 0 saturated carbocycles. The molecule has 0 amide bonds. The molecule has 0 aliphatic heterocycles. The fourth-order valence-electron chi connectivity index (χ4n) is 2.93. The van der Waals surface area contributed by atoms with Gasteiger partial charge in [0.25, 0.3) is 0 Å². The van der Waals surface area contributed by atoms with Crippen molar-refractivity contribution in [3.05, 3.63) is 68.7 Å². The maximum absolute atomic E-state index is 12.7. The highest BCUT2D eigenvalue weighted by atomic mass is 79.9. The van der Waals surface area contributed by atoms with Crippen LogP contribution in [0.25, 0.3) is 0 Å². The molecule has 2 heteroatoms. The lowest BCUT2D eigenvalue weighted by Gasteiger charge is -2.34. The van der Waals surface area contributed by atoms with Crippen molar-refractivity contribution in [2.45, 2.75) is 26.2 Å². The zero-order chi connectivity index (χ0) is 13.8. The molecule has 0 atom stereocenters. The molecule has 0 fully saturated rings. The van der Waals surface area contributed by atoms with Gasteiger partial charge < -0.3 is 0 Å². The minimum absolute atomic E-state index is 0.132. The van der Waals surface area contributed by atoms with Gasteiger partial charge in [-0.15, -0.1) is 0 Å². The Morgan fingerprint density at radius 3 is 2.21 bits per heavy atom. The third kappa shape index (κ3) is 1.78. The second-order valence-electron chi connectivity index (χ2n) is 5.69. The summed E-state index contributed by atoms with van der Waals surface area (Å²) >= 11 is 3.46. The molecule has 0 heterocycles. The van der Waals surface area contributed by atoms with Crippen LogP contribution in [0.15, 0.2) is 40.9 Å². The minimum atomic E-state index is -0.132. The van der Waals surface area contributed by atoms with Crippen LogP contribution in [0.1, 0.15) is 46.5 Å². The smallest absolute Gasteiger partial charge is 0.193 e. The first kappa shape index (κ1) is 12.6. The van der Waals surface area contributed by atoms with E-state index in [0.717, 1.165) is 32.3 Å². The summed E-state index contributed by atoms with van der Waals surface area (Å²) in [6, 6.07) is 12.2. The van der Waals surface area contributed by atoms with Gasteiger partial charge in [-0.05, 0) is 36.2 Å². The molecule has 2 aromatic carbocycles. The molecule has 0 unspecified atom stereocenters. The van der Waals surface area contributed by atoms with Gasteiger partial charge in [0.1, 0.15) is 0 Å². The maximum Gasteiger partial charge on any atom is 0.193 e. The molecule has 0 bridgehead atoms. The fraction of sp³-hybridized carbons (Fsp3) is 0.235. The Hall–Kier alpha value is -1.41. The number of fused-ring (bicyclic) bond motifs is 2. The van der Waals surface area contributed by atoms with Crippen LogP contribution < -0.4 is 0 Å². The molecular formula is C17H15BrO. The van der Waals surface area contributed by atoms with E-state index in [9.17, 15) is 4.79 Å². The predicted octanol–water partition coefficient (Wildman–Crippen LogP) is 4.63. The standard InChI is InChI=1S/C17H15BrO/c1-10-4-6-14-12(8-10)16(19)13-9-11(18)5-7-15(13)17(14,2)3/h4-9H,1-3H3. The maximum atomic E-state index is 12.7. The van der Waals surface area contributed by atoms with Crippen LogP contribution in [0.5, 0.6) is 0 Å². The Balaban J connectivity index is 2.36. The van der Waals surface area contributed by atoms with Crippen LogP contribution in [0.4, 0.5) is 0 Å². The van der Waals surface area contributed by atoms with Gasteiger partial charge in [0.2, 0.25) is 0 Å². The number of carbonyl (C=O) groups is 1. The summed E-state index contributed by atoms with van der Waals surface area (Å²) in [5.41, 5.74) is 4.89. The number of benzene rings is 2. The highest BCUT2D eigenvalue weighted by molar-refractivity contribution is 9.10. The normalized spacial score (nSPS) is 15.9. The lowest BCUT2D eigenvalue weighted by atomic mass is 9.68. The van der Waals surface area contributed by atoms with Gasteiger partial charge >= 0.3 is 0 Å². The Bertz CT molecular complexity index is 641. The summed E-state index contributed by atoms with van der Waals surface area (Å²) in [5, 5.41) is 0. The van der Waals surface area contributed by atoms with E-state index in [0.29, 0.717) is 0 Å². The van der Waals surface area contributed by atoms with E-state index in [1.807, 2.05) is 25.1 Å². The van der Waals surface area contributed by atoms with Crippen LogP contribution in [0.2, 0.25) is 0 Å². The zero-order valence-electron chi connectivity index (χ0n) is 11.3. The van der Waals surface area contributed by atoms with Crippen molar-refractivity contribution in [1.29, 1.82) is 0 Å². The largest absolute Gasteiger partial charge is 0.289 e. The number of halogens is 1. The molecular weight excluding hydrogens is 300 g/mol. The SMILES string of the molecule is Cc1ccc2c(c1)C(=O)c1cc(Br)ccc1C2(C)C. The lowest BCUT2D eigenvalue weighted by Crippen LogP contribution is -2.30. The Morgan fingerprint density at radius 1 is 0.947 bits per heavy atom. The molecule has 1 aliphatic rings. The number of rotatable bonds is 0. The Morgan fingerprint density at radius 2 is 1.53 bits per heavy atom. The van der Waals surface area contributed by atoms with E-state index in [1.165, 1.54) is 0 Å². The van der Waals surface area contributed by atoms with Crippen molar-refractivity contribution in [2.75, 3.05) is 0 Å². The topological polar surface area (TPSA) is 17.1 Å². The average Bonchev–Trinajstić information content (AvgIpc) is 2.35. The van der Waals surface area contributed by atoms with Gasteiger partial charge in [0.05, 0.1) is 0 Å². The number of hydrogen-bond acceptors (Lipinski definition) is 1. The summed E-state index contributed by atoms with van der Waals surface area (Å²) in [4.78, 5) is 12.7. The minimum Gasteiger partial charge on any atom is -0.289 e. The number of hydrogen-bond donors (Lipinski definition) is 0. The van der Waals surface area contributed by atoms with Crippen LogP contribution >= 0.6 is 15.9 Å². The third-order valence-electron chi connectivity index (χ3n) is 3.99. The van der Waals surface area contributed by atoms with E-state index in [2.05, 4.69) is 48.0 Å². The second kappa shape index (κ2) is 4.04. The number of carbonyl (C=O) groups excluding carboxylic acids is 1. The second-order valence-corrected chi connectivity index (χ2v) is 6.61. The molecule has 1 nitrogen and oxygen atoms in total. The first-order chi connectivity index (χ1) is 8.91. The molecule has 0 spiro atoms. The van der Waals surface area contributed by atoms with Gasteiger partial charge in [-0.3, -0.25) is 4.79 Å². The highest BCUT2D eigenvalue weighted by Gasteiger charge is 2.36. The van der Waals surface area contributed by atoms with Gasteiger partial charge in [-0.2, -0.15) is 0 Å². The Labute approximate surface area is 121 Å². The van der Waals surface area contributed by atoms with Crippen LogP contribution in [-0.4, -0.2) is 5.78 Å². The molecule has 2 aromatic rings. The van der Waals surface area contributed by atoms with Crippen molar-refractivity contribution in [3.63, 3.8) is 0 Å².